The number of aromatic nitrogens is 2. The number of hydrogen-bond donors (Lipinski definition) is 3. The molecule has 0 saturated heterocycles. The molecule has 0 aliphatic heterocycles. The summed E-state index contributed by atoms with van der Waals surface area (Å²) in [6, 6.07) is 3.56. The molecule has 0 aliphatic carbocycles. The highest BCUT2D eigenvalue weighted by Crippen LogP contribution is 2.28. The number of aromatic amines is 1. The fraction of sp³-hybridized carbons (Fsp3) is 0.222. The molecule has 4 nitrogen and oxygen atoms in total. The molecule has 0 radical (unpaired) electrons. The van der Waals surface area contributed by atoms with E-state index in [-0.39, 0.29) is 0 Å². The summed E-state index contributed by atoms with van der Waals surface area (Å²) < 4.78 is 0. The zero-order chi connectivity index (χ0) is 10.1. The molecule has 1 heterocycles. The average molecular weight is 212 g/mol. The molecule has 14 heavy (non-hydrogen) atoms. The molecule has 3 N–H and O–H groups in total. The molecule has 2 aromatic rings. The third kappa shape index (κ3) is 1.37. The van der Waals surface area contributed by atoms with Crippen LogP contribution in [0, 0.1) is 0 Å². The molecular weight excluding hydrogens is 202 g/mol. The van der Waals surface area contributed by atoms with Crippen molar-refractivity contribution in [2.24, 2.45) is 0 Å². The molecule has 0 fully saturated rings. The van der Waals surface area contributed by atoms with E-state index in [1.807, 2.05) is 6.07 Å². The van der Waals surface area contributed by atoms with Crippen LogP contribution >= 0.6 is 11.6 Å². The maximum Gasteiger partial charge on any atom is 0.133 e. The Morgan fingerprint density at radius 2 is 2.36 bits per heavy atom. The van der Waals surface area contributed by atoms with E-state index in [9.17, 15) is 5.11 Å². The van der Waals surface area contributed by atoms with E-state index in [4.69, 9.17) is 11.6 Å². The topological polar surface area (TPSA) is 60.9 Å². The monoisotopic (exact) mass is 211 g/mol. The predicted octanol–water partition coefficient (Wildman–Crippen LogP) is 1.43. The van der Waals surface area contributed by atoms with Crippen LogP contribution in [0.4, 0.5) is 0 Å². The molecule has 0 spiro atoms. The Morgan fingerprint density at radius 1 is 1.57 bits per heavy atom. The molecule has 1 aromatic carbocycles. The third-order valence-corrected chi connectivity index (χ3v) is 2.49. The first kappa shape index (κ1) is 9.45. The van der Waals surface area contributed by atoms with Crippen molar-refractivity contribution in [3.63, 3.8) is 0 Å². The Balaban J connectivity index is 2.70. The highest BCUT2D eigenvalue weighted by molar-refractivity contribution is 6.32. The highest BCUT2D eigenvalue weighted by Gasteiger charge is 2.14. The fourth-order valence-electron chi connectivity index (χ4n) is 1.43. The second-order valence-corrected chi connectivity index (χ2v) is 3.39. The summed E-state index contributed by atoms with van der Waals surface area (Å²) in [6.07, 6.45) is 0.876. The first-order valence-corrected chi connectivity index (χ1v) is 4.58. The lowest BCUT2D eigenvalue weighted by molar-refractivity contribution is 0.151. The van der Waals surface area contributed by atoms with Crippen molar-refractivity contribution >= 4 is 22.5 Å². The molecule has 74 valence electrons. The van der Waals surface area contributed by atoms with Gasteiger partial charge in [-0.15, -0.1) is 0 Å². The van der Waals surface area contributed by atoms with Crippen LogP contribution in [0.15, 0.2) is 18.3 Å². The van der Waals surface area contributed by atoms with Crippen molar-refractivity contribution in [1.82, 2.24) is 15.5 Å². The van der Waals surface area contributed by atoms with Crippen LogP contribution in [0.3, 0.4) is 0 Å². The Labute approximate surface area is 85.9 Å². The minimum atomic E-state index is -0.774. The van der Waals surface area contributed by atoms with Crippen LogP contribution in [0.2, 0.25) is 5.02 Å². The van der Waals surface area contributed by atoms with Gasteiger partial charge in [-0.1, -0.05) is 11.6 Å². The van der Waals surface area contributed by atoms with Crippen molar-refractivity contribution in [2.75, 3.05) is 7.05 Å². The Morgan fingerprint density at radius 3 is 3.07 bits per heavy atom. The summed E-state index contributed by atoms with van der Waals surface area (Å²) in [6.45, 7) is 0. The number of aliphatic hydroxyl groups is 1. The number of H-pyrrole nitrogens is 1. The summed E-state index contributed by atoms with van der Waals surface area (Å²) in [5.41, 5.74) is 1.51. The number of halogens is 1. The number of nitrogens with one attached hydrogen (secondary N) is 2. The van der Waals surface area contributed by atoms with E-state index in [0.29, 0.717) is 10.6 Å². The second kappa shape index (κ2) is 3.57. The van der Waals surface area contributed by atoms with Crippen molar-refractivity contribution < 1.29 is 5.11 Å². The lowest BCUT2D eigenvalue weighted by atomic mass is 10.1. The van der Waals surface area contributed by atoms with Gasteiger partial charge in [0, 0.05) is 16.0 Å². The summed E-state index contributed by atoms with van der Waals surface area (Å²) in [4.78, 5) is 0. The van der Waals surface area contributed by atoms with Gasteiger partial charge in [-0.3, -0.25) is 10.4 Å². The van der Waals surface area contributed by atoms with Gasteiger partial charge in [0.05, 0.1) is 11.7 Å². The van der Waals surface area contributed by atoms with Gasteiger partial charge in [0.2, 0.25) is 0 Å². The minimum Gasteiger partial charge on any atom is -0.374 e. The number of nitrogens with zero attached hydrogens (tertiary/aromatic N) is 1. The predicted molar refractivity (Wildman–Crippen MR) is 55.1 cm³/mol. The van der Waals surface area contributed by atoms with Crippen LogP contribution in [0.1, 0.15) is 11.8 Å². The second-order valence-electron chi connectivity index (χ2n) is 2.98. The fourth-order valence-corrected chi connectivity index (χ4v) is 1.70. The highest BCUT2D eigenvalue weighted by atomic mass is 35.5. The Hall–Kier alpha value is -1.10. The summed E-state index contributed by atoms with van der Waals surface area (Å²) >= 11 is 5.99. The maximum absolute atomic E-state index is 9.69. The van der Waals surface area contributed by atoms with Gasteiger partial charge in [0.15, 0.2) is 0 Å². The molecule has 0 bridgehead atoms. The van der Waals surface area contributed by atoms with Crippen LogP contribution in [0.25, 0.3) is 10.9 Å². The van der Waals surface area contributed by atoms with E-state index in [1.54, 1.807) is 19.3 Å². The zero-order valence-corrected chi connectivity index (χ0v) is 8.34. The van der Waals surface area contributed by atoms with Gasteiger partial charge < -0.3 is 5.11 Å². The molecule has 2 rings (SSSR count). The number of fused-ring (bicyclic) bond motifs is 1. The van der Waals surface area contributed by atoms with Crippen LogP contribution in [-0.2, 0) is 0 Å². The van der Waals surface area contributed by atoms with Crippen molar-refractivity contribution in [1.29, 1.82) is 0 Å². The lowest BCUT2D eigenvalue weighted by Gasteiger charge is -2.12. The van der Waals surface area contributed by atoms with E-state index >= 15 is 0 Å². The van der Waals surface area contributed by atoms with Gasteiger partial charge >= 0.3 is 0 Å². The van der Waals surface area contributed by atoms with Crippen molar-refractivity contribution in [2.45, 2.75) is 6.23 Å². The van der Waals surface area contributed by atoms with Crippen molar-refractivity contribution in [3.8, 4) is 0 Å². The quantitative estimate of drug-likeness (QED) is 0.659. The molecule has 5 heteroatoms. The molecule has 1 atom stereocenters. The van der Waals surface area contributed by atoms with E-state index in [2.05, 4.69) is 15.5 Å². The van der Waals surface area contributed by atoms with Crippen LogP contribution in [-0.4, -0.2) is 22.4 Å². The number of aliphatic hydroxyl groups excluding tert-OH is 1. The van der Waals surface area contributed by atoms with Gasteiger partial charge in [0.25, 0.3) is 0 Å². The number of benzene rings is 1. The molecule has 0 saturated carbocycles. The SMILES string of the molecule is CNC(O)c1c(Cl)ccc2[nH]ncc12. The maximum atomic E-state index is 9.69. The smallest absolute Gasteiger partial charge is 0.133 e. The number of rotatable bonds is 2. The van der Waals surface area contributed by atoms with Crippen molar-refractivity contribution in [3.05, 3.63) is 28.9 Å². The van der Waals surface area contributed by atoms with Gasteiger partial charge in [-0.2, -0.15) is 5.10 Å². The van der Waals surface area contributed by atoms with E-state index < -0.39 is 6.23 Å². The van der Waals surface area contributed by atoms with Crippen LogP contribution in [0.5, 0.6) is 0 Å². The van der Waals surface area contributed by atoms with Gasteiger partial charge in [-0.25, -0.2) is 0 Å². The van der Waals surface area contributed by atoms with Gasteiger partial charge in [0.1, 0.15) is 6.23 Å². The normalized spacial score (nSPS) is 13.4. The molecule has 0 aliphatic rings. The largest absolute Gasteiger partial charge is 0.374 e. The Kier molecular flexibility index (Phi) is 2.41. The number of hydrogen-bond acceptors (Lipinski definition) is 3. The third-order valence-electron chi connectivity index (χ3n) is 2.16. The zero-order valence-electron chi connectivity index (χ0n) is 7.58. The standard InChI is InChI=1S/C9H10ClN3O/c1-11-9(14)8-5-4-12-13-7(5)3-2-6(8)10/h2-4,9,11,14H,1H3,(H,12,13). The summed E-state index contributed by atoms with van der Waals surface area (Å²) in [5.74, 6) is 0. The molecule has 1 aromatic heterocycles. The first-order valence-electron chi connectivity index (χ1n) is 4.21. The van der Waals surface area contributed by atoms with E-state index in [0.717, 1.165) is 10.9 Å². The Bertz CT molecular complexity index is 454. The summed E-state index contributed by atoms with van der Waals surface area (Å²) in [7, 11) is 1.67. The summed E-state index contributed by atoms with van der Waals surface area (Å²) in [5, 5.41) is 20.5. The molecular formula is C9H10ClN3O. The van der Waals surface area contributed by atoms with Gasteiger partial charge in [-0.05, 0) is 19.2 Å². The van der Waals surface area contributed by atoms with E-state index in [1.165, 1.54) is 0 Å². The first-order chi connectivity index (χ1) is 6.74. The van der Waals surface area contributed by atoms with Crippen LogP contribution < -0.4 is 5.32 Å². The molecule has 0 amide bonds. The minimum absolute atomic E-state index is 0.528. The lowest BCUT2D eigenvalue weighted by Crippen LogP contribution is -2.15. The average Bonchev–Trinajstić information content (AvgIpc) is 2.64. The molecule has 1 unspecified atom stereocenters.